The highest BCUT2D eigenvalue weighted by molar-refractivity contribution is 7.88. The predicted octanol–water partition coefficient (Wildman–Crippen LogP) is 1.43. The minimum absolute atomic E-state index is 0.0860. The normalized spacial score (nSPS) is 35.3. The predicted molar refractivity (Wildman–Crippen MR) is 153 cm³/mol. The Labute approximate surface area is 238 Å². The van der Waals surface area contributed by atoms with Crippen molar-refractivity contribution in [1.29, 1.82) is 0 Å². The Balaban J connectivity index is 1.31. The van der Waals surface area contributed by atoms with Gasteiger partial charge in [-0.3, -0.25) is 9.63 Å². The summed E-state index contributed by atoms with van der Waals surface area (Å²) in [4.78, 5) is 22.1. The Bertz CT molecular complexity index is 1180. The van der Waals surface area contributed by atoms with Gasteiger partial charge in [-0.15, -0.1) is 0 Å². The maximum Gasteiger partial charge on any atom is 0.240 e. The lowest BCUT2D eigenvalue weighted by molar-refractivity contribution is -0.183. The number of amides is 1. The van der Waals surface area contributed by atoms with Gasteiger partial charge in [0.05, 0.1) is 25.5 Å². The number of nitrogens with zero attached hydrogens (tertiary/aromatic N) is 3. The van der Waals surface area contributed by atoms with Crippen LogP contribution >= 0.6 is 0 Å². The van der Waals surface area contributed by atoms with E-state index in [2.05, 4.69) is 31.0 Å². The van der Waals surface area contributed by atoms with E-state index in [4.69, 9.17) is 4.84 Å². The van der Waals surface area contributed by atoms with Crippen molar-refractivity contribution in [3.63, 3.8) is 0 Å². The molecule has 2 bridgehead atoms. The number of aliphatic hydroxyl groups is 2. The molecule has 11 heteroatoms. The van der Waals surface area contributed by atoms with Gasteiger partial charge in [-0.1, -0.05) is 32.9 Å². The maximum absolute atomic E-state index is 13.9. The second kappa shape index (κ2) is 11.1. The summed E-state index contributed by atoms with van der Waals surface area (Å²) in [7, 11) is -3.21. The summed E-state index contributed by atoms with van der Waals surface area (Å²) in [5, 5.41) is 25.7. The third-order valence-corrected chi connectivity index (χ3v) is 11.7. The zero-order valence-corrected chi connectivity index (χ0v) is 25.2. The highest BCUT2D eigenvalue weighted by Gasteiger charge is 2.57. The van der Waals surface area contributed by atoms with Crippen LogP contribution in [0.5, 0.6) is 0 Å². The van der Waals surface area contributed by atoms with E-state index in [1.807, 2.05) is 24.3 Å². The number of carbonyl (C=O) groups excluding carboxylic acids is 1. The minimum atomic E-state index is -3.21. The number of nitrogens with one attached hydrogen (secondary N) is 1. The summed E-state index contributed by atoms with van der Waals surface area (Å²) >= 11 is 0. The Morgan fingerprint density at radius 2 is 1.90 bits per heavy atom. The molecule has 5 aliphatic rings. The Morgan fingerprint density at radius 1 is 1.20 bits per heavy atom. The van der Waals surface area contributed by atoms with E-state index >= 15 is 0 Å². The molecule has 3 aliphatic carbocycles. The number of fused-ring (bicyclic) bond motifs is 2. The van der Waals surface area contributed by atoms with Crippen molar-refractivity contribution in [2.24, 2.45) is 29.1 Å². The van der Waals surface area contributed by atoms with E-state index in [1.54, 1.807) is 12.0 Å². The number of sulfonamides is 1. The fourth-order valence-electron chi connectivity index (χ4n) is 7.79. The molecule has 0 spiro atoms. The number of rotatable bonds is 8. The second-order valence-corrected chi connectivity index (χ2v) is 15.0. The molecule has 3 saturated carbocycles. The molecule has 8 atom stereocenters. The first-order valence-corrected chi connectivity index (χ1v) is 16.5. The first kappa shape index (κ1) is 29.7. The largest absolute Gasteiger partial charge is 0.394 e. The molecule has 6 rings (SSSR count). The average Bonchev–Trinajstić information content (AvgIpc) is 3.27. The second-order valence-electron chi connectivity index (χ2n) is 13.1. The van der Waals surface area contributed by atoms with Gasteiger partial charge in [-0.05, 0) is 60.6 Å². The summed E-state index contributed by atoms with van der Waals surface area (Å²) < 4.78 is 25.3. The molecular weight excluding hydrogens is 532 g/mol. The van der Waals surface area contributed by atoms with E-state index in [0.717, 1.165) is 17.7 Å². The van der Waals surface area contributed by atoms with Crippen molar-refractivity contribution in [3.8, 4) is 0 Å². The molecule has 1 aromatic rings. The van der Waals surface area contributed by atoms with Gasteiger partial charge in [0.2, 0.25) is 15.9 Å². The third kappa shape index (κ3) is 5.53. The van der Waals surface area contributed by atoms with Crippen LogP contribution in [0.2, 0.25) is 0 Å². The van der Waals surface area contributed by atoms with Gasteiger partial charge < -0.3 is 20.4 Å². The molecule has 2 heterocycles. The molecule has 0 aromatic heterocycles. The first-order chi connectivity index (χ1) is 18.8. The lowest BCUT2D eigenvalue weighted by Crippen LogP contribution is -2.62. The molecule has 2 aliphatic heterocycles. The number of anilines is 1. The minimum Gasteiger partial charge on any atom is -0.394 e. The highest BCUT2D eigenvalue weighted by Crippen LogP contribution is 2.61. The molecule has 1 amide bonds. The number of hydrogen-bond donors (Lipinski definition) is 3. The van der Waals surface area contributed by atoms with Crippen LogP contribution in [-0.4, -0.2) is 97.2 Å². The molecule has 1 aromatic carbocycles. The molecule has 224 valence electrons. The Hall–Kier alpha value is -1.76. The van der Waals surface area contributed by atoms with E-state index in [9.17, 15) is 23.4 Å². The van der Waals surface area contributed by atoms with Gasteiger partial charge in [-0.2, -0.15) is 9.37 Å². The first-order valence-electron chi connectivity index (χ1n) is 14.6. The topological polar surface area (TPSA) is 123 Å². The standard InChI is InChI=1S/C29H46N4O6S/c1-18-23-14-21(29(23,3)4)15-24(18)30-28(36)27-26(19(2)35)25(17-34)39-33(27)16-20-7-6-8-22(13-20)31-9-11-32(12-10-31)40(5,37)38/h6-8,13,18-19,21,23-27,34-35H,9-12,14-17H2,1-5H3,(H,30,36)/t18-,19-,21+,23-,24-,25-,26+,27-/m0/s1. The maximum atomic E-state index is 13.9. The SMILES string of the molecule is C[C@@H]1[C@@H](NC(=O)[C@@H]2[C@H]([C@H](C)O)[C@H](CO)ON2Cc2cccc(N3CCN(S(C)(=O)=O)CC3)c2)C[C@H]2C[C@@H]1C2(C)C. The van der Waals surface area contributed by atoms with Gasteiger partial charge in [-0.25, -0.2) is 8.42 Å². The third-order valence-electron chi connectivity index (χ3n) is 10.4. The number of aliphatic hydroxyl groups excluding tert-OH is 2. The van der Waals surface area contributed by atoms with Crippen molar-refractivity contribution >= 4 is 21.6 Å². The summed E-state index contributed by atoms with van der Waals surface area (Å²) in [6, 6.07) is 7.31. The molecule has 10 nitrogen and oxygen atoms in total. The summed E-state index contributed by atoms with van der Waals surface area (Å²) in [5.41, 5.74) is 2.22. The van der Waals surface area contributed by atoms with Crippen molar-refractivity contribution in [2.75, 3.05) is 43.9 Å². The van der Waals surface area contributed by atoms with Crippen LogP contribution in [0.3, 0.4) is 0 Å². The van der Waals surface area contributed by atoms with Crippen LogP contribution in [0.25, 0.3) is 0 Å². The van der Waals surface area contributed by atoms with Gasteiger partial charge in [0, 0.05) is 43.8 Å². The van der Waals surface area contributed by atoms with Crippen molar-refractivity contribution in [1.82, 2.24) is 14.7 Å². The van der Waals surface area contributed by atoms with Crippen molar-refractivity contribution in [3.05, 3.63) is 29.8 Å². The van der Waals surface area contributed by atoms with Gasteiger partial charge >= 0.3 is 0 Å². The van der Waals surface area contributed by atoms with E-state index in [-0.39, 0.29) is 18.6 Å². The number of carbonyl (C=O) groups is 1. The number of piperazine rings is 1. The lowest BCUT2D eigenvalue weighted by atomic mass is 9.45. The smallest absolute Gasteiger partial charge is 0.240 e. The van der Waals surface area contributed by atoms with E-state index in [1.165, 1.54) is 17.0 Å². The van der Waals surface area contributed by atoms with Crippen LogP contribution in [0.15, 0.2) is 24.3 Å². The van der Waals surface area contributed by atoms with Crippen molar-refractivity contribution in [2.45, 2.75) is 71.4 Å². The molecule has 0 radical (unpaired) electrons. The average molecular weight is 579 g/mol. The van der Waals surface area contributed by atoms with Crippen LogP contribution in [0.4, 0.5) is 5.69 Å². The molecule has 0 unspecified atom stereocenters. The van der Waals surface area contributed by atoms with Crippen LogP contribution < -0.4 is 10.2 Å². The molecule has 2 saturated heterocycles. The summed E-state index contributed by atoms with van der Waals surface area (Å²) in [6.07, 6.45) is 1.90. The Kier molecular flexibility index (Phi) is 8.28. The Morgan fingerprint density at radius 3 is 2.48 bits per heavy atom. The van der Waals surface area contributed by atoms with Gasteiger partial charge in [0.15, 0.2) is 0 Å². The quantitative estimate of drug-likeness (QED) is 0.424. The summed E-state index contributed by atoms with van der Waals surface area (Å²) in [6.45, 7) is 10.6. The lowest BCUT2D eigenvalue weighted by Gasteiger charge is -2.62. The molecule has 3 N–H and O–H groups in total. The van der Waals surface area contributed by atoms with Crippen LogP contribution in [0.1, 0.15) is 46.1 Å². The van der Waals surface area contributed by atoms with Gasteiger partial charge in [0.25, 0.3) is 0 Å². The molecule has 5 fully saturated rings. The molecular formula is C29H46N4O6S. The summed E-state index contributed by atoms with van der Waals surface area (Å²) in [5.74, 6) is 0.841. The van der Waals surface area contributed by atoms with Crippen LogP contribution in [-0.2, 0) is 26.2 Å². The number of hydroxylamine groups is 2. The fraction of sp³-hybridized carbons (Fsp3) is 0.759. The highest BCUT2D eigenvalue weighted by atomic mass is 32.2. The van der Waals surface area contributed by atoms with Crippen LogP contribution in [0, 0.1) is 29.1 Å². The van der Waals surface area contributed by atoms with Crippen molar-refractivity contribution < 1.29 is 28.3 Å². The number of hydrogen-bond acceptors (Lipinski definition) is 8. The van der Waals surface area contributed by atoms with Gasteiger partial charge in [0.1, 0.15) is 12.1 Å². The zero-order chi connectivity index (χ0) is 29.0. The monoisotopic (exact) mass is 578 g/mol. The number of benzene rings is 1. The zero-order valence-electron chi connectivity index (χ0n) is 24.4. The van der Waals surface area contributed by atoms with E-state index < -0.39 is 34.2 Å². The fourth-order valence-corrected chi connectivity index (χ4v) is 8.62. The van der Waals surface area contributed by atoms with E-state index in [0.29, 0.717) is 55.9 Å². The molecule has 40 heavy (non-hydrogen) atoms.